The monoisotopic (exact) mass is 287 g/mol. The van der Waals surface area contributed by atoms with E-state index in [0.29, 0.717) is 18.0 Å². The van der Waals surface area contributed by atoms with Crippen LogP contribution in [0.4, 0.5) is 0 Å². The topological polar surface area (TPSA) is 29.9 Å². The molecule has 1 N–H and O–H groups in total. The standard InChI is InChI=1S/C13H22ClN3S/c1-4-15-12(10-5-6-18-8-10)13-11(14)7-16-17(13)9(2)3/h7,9-10,12,15H,4-6,8H2,1-3H3. The van der Waals surface area contributed by atoms with Gasteiger partial charge in [0.1, 0.15) is 0 Å². The molecule has 1 aliphatic heterocycles. The molecule has 5 heteroatoms. The first-order valence-electron chi connectivity index (χ1n) is 6.69. The third-order valence-electron chi connectivity index (χ3n) is 3.43. The van der Waals surface area contributed by atoms with Gasteiger partial charge in [-0.25, -0.2) is 0 Å². The number of hydrogen-bond donors (Lipinski definition) is 1. The van der Waals surface area contributed by atoms with Crippen molar-refractivity contribution in [3.8, 4) is 0 Å². The van der Waals surface area contributed by atoms with Crippen LogP contribution in [-0.2, 0) is 0 Å². The second-order valence-electron chi connectivity index (χ2n) is 5.08. The molecule has 0 bridgehead atoms. The lowest BCUT2D eigenvalue weighted by atomic mass is 9.96. The van der Waals surface area contributed by atoms with Crippen molar-refractivity contribution < 1.29 is 0 Å². The van der Waals surface area contributed by atoms with Crippen molar-refractivity contribution >= 4 is 23.4 Å². The zero-order valence-corrected chi connectivity index (χ0v) is 12.9. The first-order chi connectivity index (χ1) is 8.65. The Morgan fingerprint density at radius 1 is 1.61 bits per heavy atom. The number of thioether (sulfide) groups is 1. The van der Waals surface area contributed by atoms with Crippen LogP contribution in [0.1, 0.15) is 45.0 Å². The van der Waals surface area contributed by atoms with Crippen molar-refractivity contribution in [3.63, 3.8) is 0 Å². The van der Waals surface area contributed by atoms with E-state index in [1.54, 1.807) is 6.20 Å². The van der Waals surface area contributed by atoms with Crippen molar-refractivity contribution in [2.45, 2.75) is 39.3 Å². The van der Waals surface area contributed by atoms with Gasteiger partial charge in [0.15, 0.2) is 0 Å². The van der Waals surface area contributed by atoms with Crippen LogP contribution < -0.4 is 5.32 Å². The van der Waals surface area contributed by atoms with Gasteiger partial charge in [-0.3, -0.25) is 4.68 Å². The van der Waals surface area contributed by atoms with Gasteiger partial charge in [-0.05, 0) is 44.2 Å². The van der Waals surface area contributed by atoms with Gasteiger partial charge in [0, 0.05) is 6.04 Å². The Kier molecular flexibility index (Phi) is 4.98. The average Bonchev–Trinajstić information content (AvgIpc) is 2.95. The molecular weight excluding hydrogens is 266 g/mol. The van der Waals surface area contributed by atoms with E-state index in [1.807, 2.05) is 11.8 Å². The Morgan fingerprint density at radius 2 is 2.39 bits per heavy atom. The minimum absolute atomic E-state index is 0.336. The summed E-state index contributed by atoms with van der Waals surface area (Å²) in [6.07, 6.45) is 3.05. The van der Waals surface area contributed by atoms with Gasteiger partial charge in [0.05, 0.1) is 23.0 Å². The molecule has 102 valence electrons. The second kappa shape index (κ2) is 6.31. The Morgan fingerprint density at radius 3 is 2.94 bits per heavy atom. The number of nitrogens with one attached hydrogen (secondary N) is 1. The van der Waals surface area contributed by atoms with Crippen molar-refractivity contribution in [1.29, 1.82) is 0 Å². The van der Waals surface area contributed by atoms with Gasteiger partial charge in [-0.2, -0.15) is 16.9 Å². The summed E-state index contributed by atoms with van der Waals surface area (Å²) in [5.41, 5.74) is 1.17. The van der Waals surface area contributed by atoms with Gasteiger partial charge < -0.3 is 5.32 Å². The Bertz CT molecular complexity index is 386. The molecular formula is C13H22ClN3S. The summed E-state index contributed by atoms with van der Waals surface area (Å²) < 4.78 is 2.07. The summed E-state index contributed by atoms with van der Waals surface area (Å²) in [4.78, 5) is 0. The Balaban J connectivity index is 2.31. The highest BCUT2D eigenvalue weighted by molar-refractivity contribution is 7.99. The zero-order valence-electron chi connectivity index (χ0n) is 11.3. The average molecular weight is 288 g/mol. The van der Waals surface area contributed by atoms with Crippen molar-refractivity contribution in [2.75, 3.05) is 18.1 Å². The number of nitrogens with zero attached hydrogens (tertiary/aromatic N) is 2. The molecule has 1 aromatic heterocycles. The maximum absolute atomic E-state index is 6.37. The molecule has 0 spiro atoms. The van der Waals surface area contributed by atoms with E-state index in [-0.39, 0.29) is 0 Å². The van der Waals surface area contributed by atoms with E-state index in [2.05, 4.69) is 35.9 Å². The quantitative estimate of drug-likeness (QED) is 0.899. The fourth-order valence-electron chi connectivity index (χ4n) is 2.58. The fourth-order valence-corrected chi connectivity index (χ4v) is 4.12. The number of aromatic nitrogens is 2. The molecule has 1 fully saturated rings. The van der Waals surface area contributed by atoms with Crippen LogP contribution in [0.2, 0.25) is 5.02 Å². The molecule has 2 unspecified atom stereocenters. The van der Waals surface area contributed by atoms with Gasteiger partial charge in [0.2, 0.25) is 0 Å². The largest absolute Gasteiger partial charge is 0.309 e. The van der Waals surface area contributed by atoms with Crippen LogP contribution in [0.3, 0.4) is 0 Å². The van der Waals surface area contributed by atoms with Crippen LogP contribution >= 0.6 is 23.4 Å². The maximum atomic E-state index is 6.37. The van der Waals surface area contributed by atoms with Gasteiger partial charge >= 0.3 is 0 Å². The molecule has 1 aromatic rings. The minimum Gasteiger partial charge on any atom is -0.309 e. The van der Waals surface area contributed by atoms with Crippen LogP contribution in [-0.4, -0.2) is 27.8 Å². The predicted molar refractivity (Wildman–Crippen MR) is 79.5 cm³/mol. The lowest BCUT2D eigenvalue weighted by Gasteiger charge is -2.26. The lowest BCUT2D eigenvalue weighted by molar-refractivity contribution is 0.363. The highest BCUT2D eigenvalue weighted by Gasteiger charge is 2.30. The van der Waals surface area contributed by atoms with E-state index >= 15 is 0 Å². The number of hydrogen-bond acceptors (Lipinski definition) is 3. The summed E-state index contributed by atoms with van der Waals surface area (Å²) in [5, 5.41) is 8.83. The van der Waals surface area contributed by atoms with Gasteiger partial charge in [-0.15, -0.1) is 0 Å². The van der Waals surface area contributed by atoms with Crippen LogP contribution in [0, 0.1) is 5.92 Å². The first kappa shape index (κ1) is 14.2. The smallest absolute Gasteiger partial charge is 0.0834 e. The third kappa shape index (κ3) is 2.86. The van der Waals surface area contributed by atoms with Crippen LogP contribution in [0.5, 0.6) is 0 Å². The molecule has 0 radical (unpaired) electrons. The van der Waals surface area contributed by atoms with Gasteiger partial charge in [-0.1, -0.05) is 18.5 Å². The first-order valence-corrected chi connectivity index (χ1v) is 8.22. The summed E-state index contributed by atoms with van der Waals surface area (Å²) in [6.45, 7) is 7.42. The molecule has 2 rings (SSSR count). The summed E-state index contributed by atoms with van der Waals surface area (Å²) >= 11 is 8.41. The molecule has 0 aliphatic carbocycles. The SMILES string of the molecule is CCNC(c1c(Cl)cnn1C(C)C)C1CCSC1. The molecule has 0 amide bonds. The Hall–Kier alpha value is -0.190. The molecule has 0 aromatic carbocycles. The van der Waals surface area contributed by atoms with Crippen LogP contribution in [0.15, 0.2) is 6.20 Å². The summed E-state index contributed by atoms with van der Waals surface area (Å²) in [7, 11) is 0. The minimum atomic E-state index is 0.336. The van der Waals surface area contributed by atoms with Gasteiger partial charge in [0.25, 0.3) is 0 Å². The fraction of sp³-hybridized carbons (Fsp3) is 0.769. The van der Waals surface area contributed by atoms with E-state index in [9.17, 15) is 0 Å². The van der Waals surface area contributed by atoms with E-state index in [1.165, 1.54) is 23.6 Å². The third-order valence-corrected chi connectivity index (χ3v) is 4.91. The Labute approximate surface area is 119 Å². The summed E-state index contributed by atoms with van der Waals surface area (Å²) in [5.74, 6) is 3.15. The van der Waals surface area contributed by atoms with Crippen molar-refractivity contribution in [1.82, 2.24) is 15.1 Å². The molecule has 2 heterocycles. The highest BCUT2D eigenvalue weighted by atomic mass is 35.5. The number of rotatable bonds is 5. The zero-order chi connectivity index (χ0) is 13.1. The highest BCUT2D eigenvalue weighted by Crippen LogP contribution is 2.37. The van der Waals surface area contributed by atoms with E-state index < -0.39 is 0 Å². The molecule has 1 saturated heterocycles. The molecule has 3 nitrogen and oxygen atoms in total. The second-order valence-corrected chi connectivity index (χ2v) is 6.63. The molecule has 1 aliphatic rings. The predicted octanol–water partition coefficient (Wildman–Crippen LogP) is 3.52. The van der Waals surface area contributed by atoms with Crippen molar-refractivity contribution in [3.05, 3.63) is 16.9 Å². The number of halogens is 1. The maximum Gasteiger partial charge on any atom is 0.0834 e. The summed E-state index contributed by atoms with van der Waals surface area (Å²) in [6, 6.07) is 0.685. The molecule has 2 atom stereocenters. The molecule has 18 heavy (non-hydrogen) atoms. The normalized spacial score (nSPS) is 21.7. The molecule has 0 saturated carbocycles. The van der Waals surface area contributed by atoms with Crippen LogP contribution in [0.25, 0.3) is 0 Å². The van der Waals surface area contributed by atoms with E-state index in [0.717, 1.165) is 11.6 Å². The lowest BCUT2D eigenvalue weighted by Crippen LogP contribution is -2.31. The van der Waals surface area contributed by atoms with E-state index in [4.69, 9.17) is 11.6 Å². The van der Waals surface area contributed by atoms with Crippen molar-refractivity contribution in [2.24, 2.45) is 5.92 Å².